The van der Waals surface area contributed by atoms with E-state index in [9.17, 15) is 4.79 Å². The molecule has 2 rings (SSSR count). The van der Waals surface area contributed by atoms with E-state index < -0.39 is 0 Å². The van der Waals surface area contributed by atoms with E-state index in [4.69, 9.17) is 4.74 Å². The molecule has 0 bridgehead atoms. The maximum Gasteiger partial charge on any atom is 0.323 e. The number of hydrogen-bond donors (Lipinski definition) is 0. The maximum atomic E-state index is 11.4. The third-order valence-electron chi connectivity index (χ3n) is 3.23. The molecule has 12 heavy (non-hydrogen) atoms. The van der Waals surface area contributed by atoms with Gasteiger partial charge in [-0.3, -0.25) is 4.79 Å². The summed E-state index contributed by atoms with van der Waals surface area (Å²) < 4.78 is 4.49. The predicted molar refractivity (Wildman–Crippen MR) is 49.1 cm³/mol. The van der Waals surface area contributed by atoms with Crippen molar-refractivity contribution in [3.63, 3.8) is 0 Å². The maximum absolute atomic E-state index is 11.4. The number of ether oxygens (including phenoxy) is 1. The third kappa shape index (κ3) is 0.951. The highest BCUT2D eigenvalue weighted by Gasteiger charge is 2.68. The second-order valence-electron chi connectivity index (χ2n) is 3.76. The standard InChI is InChI=1S/C9H13BrO2/c1-12-8(11)9(10)6-4-2-3-5-7(6)9/h6-7H,2-5H2,1H3/t6-,7+,9?. The molecule has 0 heterocycles. The lowest BCUT2D eigenvalue weighted by molar-refractivity contribution is -0.141. The van der Waals surface area contributed by atoms with Crippen molar-refractivity contribution < 1.29 is 9.53 Å². The number of carbonyl (C=O) groups excluding carboxylic acids is 1. The van der Waals surface area contributed by atoms with Gasteiger partial charge in [-0.15, -0.1) is 0 Å². The summed E-state index contributed by atoms with van der Waals surface area (Å²) in [6.07, 6.45) is 4.91. The summed E-state index contributed by atoms with van der Waals surface area (Å²) in [6, 6.07) is 0. The van der Waals surface area contributed by atoms with Gasteiger partial charge in [0, 0.05) is 0 Å². The fourth-order valence-corrected chi connectivity index (χ4v) is 3.64. The van der Waals surface area contributed by atoms with Gasteiger partial charge in [0.1, 0.15) is 4.32 Å². The summed E-state index contributed by atoms with van der Waals surface area (Å²) >= 11 is 3.53. The molecule has 0 saturated heterocycles. The van der Waals surface area contributed by atoms with Gasteiger partial charge in [-0.05, 0) is 24.7 Å². The predicted octanol–water partition coefficient (Wildman–Crippen LogP) is 2.11. The molecule has 2 nitrogen and oxygen atoms in total. The number of alkyl halides is 1. The van der Waals surface area contributed by atoms with Gasteiger partial charge in [-0.2, -0.15) is 0 Å². The van der Waals surface area contributed by atoms with Crippen molar-refractivity contribution in [2.24, 2.45) is 11.8 Å². The molecular weight excluding hydrogens is 220 g/mol. The van der Waals surface area contributed by atoms with Gasteiger partial charge in [-0.25, -0.2) is 0 Å². The Bertz CT molecular complexity index is 203. The molecule has 2 aliphatic rings. The van der Waals surface area contributed by atoms with Crippen LogP contribution in [0.4, 0.5) is 0 Å². The van der Waals surface area contributed by atoms with Crippen LogP contribution in [0.2, 0.25) is 0 Å². The normalized spacial score (nSPS) is 44.8. The number of carbonyl (C=O) groups is 1. The zero-order valence-corrected chi connectivity index (χ0v) is 8.76. The molecule has 0 N–H and O–H groups in total. The number of halogens is 1. The lowest BCUT2D eigenvalue weighted by Gasteiger charge is -2.04. The lowest BCUT2D eigenvalue weighted by Crippen LogP contribution is -2.20. The average Bonchev–Trinajstić information content (AvgIpc) is 2.74. The van der Waals surface area contributed by atoms with Gasteiger partial charge >= 0.3 is 5.97 Å². The Morgan fingerprint density at radius 2 is 1.92 bits per heavy atom. The molecule has 3 atom stereocenters. The summed E-state index contributed by atoms with van der Waals surface area (Å²) in [4.78, 5) is 11.4. The molecule has 68 valence electrons. The van der Waals surface area contributed by atoms with E-state index in [-0.39, 0.29) is 10.3 Å². The minimum atomic E-state index is -0.293. The Kier molecular flexibility index (Phi) is 1.94. The first-order valence-corrected chi connectivity index (χ1v) is 5.28. The molecule has 0 aliphatic heterocycles. The van der Waals surface area contributed by atoms with Crippen LogP contribution in [0.3, 0.4) is 0 Å². The second kappa shape index (κ2) is 2.72. The molecule has 1 unspecified atom stereocenters. The van der Waals surface area contributed by atoms with Crippen LogP contribution in [0.15, 0.2) is 0 Å². The highest BCUT2D eigenvalue weighted by Crippen LogP contribution is 2.64. The Hall–Kier alpha value is -0.0500. The summed E-state index contributed by atoms with van der Waals surface area (Å²) in [5.74, 6) is 1.04. The van der Waals surface area contributed by atoms with Crippen molar-refractivity contribution in [1.29, 1.82) is 0 Å². The first-order chi connectivity index (χ1) is 5.71. The second-order valence-corrected chi connectivity index (χ2v) is 5.07. The number of hydrogen-bond acceptors (Lipinski definition) is 2. The van der Waals surface area contributed by atoms with Crippen LogP contribution in [0.5, 0.6) is 0 Å². The van der Waals surface area contributed by atoms with E-state index in [1.165, 1.54) is 32.8 Å². The molecule has 0 aromatic rings. The largest absolute Gasteiger partial charge is 0.468 e. The Morgan fingerprint density at radius 1 is 1.42 bits per heavy atom. The smallest absolute Gasteiger partial charge is 0.323 e. The molecule has 0 aromatic carbocycles. The van der Waals surface area contributed by atoms with E-state index in [1.54, 1.807) is 0 Å². The van der Waals surface area contributed by atoms with Crippen LogP contribution in [0, 0.1) is 11.8 Å². The van der Waals surface area contributed by atoms with Crippen LogP contribution < -0.4 is 0 Å². The van der Waals surface area contributed by atoms with Crippen molar-refractivity contribution in [3.05, 3.63) is 0 Å². The highest BCUT2D eigenvalue weighted by molar-refractivity contribution is 9.10. The van der Waals surface area contributed by atoms with Crippen LogP contribution in [0.1, 0.15) is 25.7 Å². The Balaban J connectivity index is 2.10. The van der Waals surface area contributed by atoms with Gasteiger partial charge in [0.2, 0.25) is 0 Å². The molecule has 2 aliphatic carbocycles. The van der Waals surface area contributed by atoms with Gasteiger partial charge < -0.3 is 4.74 Å². The summed E-state index contributed by atoms with van der Waals surface area (Å²) in [7, 11) is 1.47. The molecule has 2 saturated carbocycles. The van der Waals surface area contributed by atoms with Crippen LogP contribution >= 0.6 is 15.9 Å². The SMILES string of the molecule is COC(=O)C1(Br)[C@@H]2CCCC[C@@H]21. The third-order valence-corrected chi connectivity index (χ3v) is 4.73. The molecule has 3 heteroatoms. The van der Waals surface area contributed by atoms with Gasteiger partial charge in [0.15, 0.2) is 0 Å². The van der Waals surface area contributed by atoms with Crippen LogP contribution in [0.25, 0.3) is 0 Å². The highest BCUT2D eigenvalue weighted by atomic mass is 79.9. The number of fused-ring (bicyclic) bond motifs is 1. The average molecular weight is 233 g/mol. The first-order valence-electron chi connectivity index (χ1n) is 4.48. The molecule has 0 aromatic heterocycles. The van der Waals surface area contributed by atoms with Crippen molar-refractivity contribution in [2.45, 2.75) is 30.0 Å². The van der Waals surface area contributed by atoms with Gasteiger partial charge in [0.05, 0.1) is 7.11 Å². The van der Waals surface area contributed by atoms with Crippen molar-refractivity contribution >= 4 is 21.9 Å². The molecule has 0 radical (unpaired) electrons. The summed E-state index contributed by atoms with van der Waals surface area (Å²) in [5.41, 5.74) is 0. The minimum absolute atomic E-state index is 0.0700. The number of methoxy groups -OCH3 is 1. The van der Waals surface area contributed by atoms with Crippen molar-refractivity contribution in [2.75, 3.05) is 7.11 Å². The number of esters is 1. The number of rotatable bonds is 1. The zero-order valence-electron chi connectivity index (χ0n) is 7.18. The van der Waals surface area contributed by atoms with Crippen LogP contribution in [-0.2, 0) is 9.53 Å². The minimum Gasteiger partial charge on any atom is -0.468 e. The fourth-order valence-electron chi connectivity index (χ4n) is 2.51. The quantitative estimate of drug-likeness (QED) is 0.512. The van der Waals surface area contributed by atoms with Gasteiger partial charge in [0.25, 0.3) is 0 Å². The Morgan fingerprint density at radius 3 is 2.33 bits per heavy atom. The van der Waals surface area contributed by atoms with Crippen molar-refractivity contribution in [3.8, 4) is 0 Å². The van der Waals surface area contributed by atoms with E-state index >= 15 is 0 Å². The van der Waals surface area contributed by atoms with Gasteiger partial charge in [-0.1, -0.05) is 28.8 Å². The van der Waals surface area contributed by atoms with E-state index in [0.29, 0.717) is 11.8 Å². The molecule has 0 amide bonds. The van der Waals surface area contributed by atoms with Crippen LogP contribution in [-0.4, -0.2) is 17.4 Å². The molecule has 2 fully saturated rings. The Labute approximate surface area is 80.8 Å². The topological polar surface area (TPSA) is 26.3 Å². The first kappa shape index (κ1) is 8.54. The summed E-state index contributed by atoms with van der Waals surface area (Å²) in [6.45, 7) is 0. The van der Waals surface area contributed by atoms with E-state index in [2.05, 4.69) is 15.9 Å². The zero-order chi connectivity index (χ0) is 8.77. The van der Waals surface area contributed by atoms with Crippen molar-refractivity contribution in [1.82, 2.24) is 0 Å². The lowest BCUT2D eigenvalue weighted by atomic mass is 10.0. The molecule has 0 spiro atoms. The summed E-state index contributed by atoms with van der Waals surface area (Å²) in [5, 5.41) is 0. The van der Waals surface area contributed by atoms with E-state index in [0.717, 1.165) is 0 Å². The fraction of sp³-hybridized carbons (Fsp3) is 0.889. The monoisotopic (exact) mass is 232 g/mol. The molecular formula is C9H13BrO2. The van der Waals surface area contributed by atoms with E-state index in [1.807, 2.05) is 0 Å².